The van der Waals surface area contributed by atoms with Crippen molar-refractivity contribution in [1.82, 2.24) is 5.32 Å². The van der Waals surface area contributed by atoms with Crippen molar-refractivity contribution in [2.45, 2.75) is 72.6 Å². The van der Waals surface area contributed by atoms with E-state index in [1.807, 2.05) is 12.1 Å². The van der Waals surface area contributed by atoms with Crippen LogP contribution in [0.3, 0.4) is 0 Å². The van der Waals surface area contributed by atoms with Crippen LogP contribution in [0.15, 0.2) is 29.4 Å². The van der Waals surface area contributed by atoms with Crippen molar-refractivity contribution in [3.63, 3.8) is 0 Å². The van der Waals surface area contributed by atoms with Crippen LogP contribution in [0.5, 0.6) is 0 Å². The molecule has 1 rings (SSSR count). The van der Waals surface area contributed by atoms with Crippen LogP contribution in [0.1, 0.15) is 69.7 Å². The van der Waals surface area contributed by atoms with E-state index in [1.165, 1.54) is 51.8 Å². The van der Waals surface area contributed by atoms with Crippen LogP contribution in [-0.4, -0.2) is 50.6 Å². The van der Waals surface area contributed by atoms with Gasteiger partial charge in [-0.3, -0.25) is 0 Å². The van der Waals surface area contributed by atoms with Gasteiger partial charge in [-0.1, -0.05) is 0 Å². The van der Waals surface area contributed by atoms with E-state index in [1.54, 1.807) is 3.58 Å². The molecule has 0 radical (unpaired) electrons. The SMILES string of the molecule is CCC[CH2][Sn]([CH2]CCC)([CH2]CCC)[c]1ccc(C(=O)NCCOCCN=[N+]=[N-])cc1. The zero-order chi connectivity index (χ0) is 22.1. The van der Waals surface area contributed by atoms with Crippen molar-refractivity contribution in [3.05, 3.63) is 40.3 Å². The van der Waals surface area contributed by atoms with Gasteiger partial charge in [0.15, 0.2) is 0 Å². The molecule has 0 saturated carbocycles. The Morgan fingerprint density at radius 2 is 1.57 bits per heavy atom. The van der Waals surface area contributed by atoms with Crippen molar-refractivity contribution < 1.29 is 9.53 Å². The summed E-state index contributed by atoms with van der Waals surface area (Å²) in [6.07, 6.45) is 7.81. The molecule has 30 heavy (non-hydrogen) atoms. The van der Waals surface area contributed by atoms with Gasteiger partial charge in [-0.2, -0.15) is 0 Å². The second-order valence-electron chi connectivity index (χ2n) is 7.99. The fourth-order valence-corrected chi connectivity index (χ4v) is 19.8. The van der Waals surface area contributed by atoms with E-state index < -0.39 is 18.4 Å². The van der Waals surface area contributed by atoms with E-state index in [2.05, 4.69) is 48.2 Å². The predicted octanol–water partition coefficient (Wildman–Crippen LogP) is 5.80. The number of nitrogens with one attached hydrogen (secondary N) is 1. The summed E-state index contributed by atoms with van der Waals surface area (Å²) in [6.45, 7) is 8.43. The van der Waals surface area contributed by atoms with Crippen LogP contribution in [0.25, 0.3) is 10.4 Å². The number of azide groups is 1. The average molecular weight is 523 g/mol. The second kappa shape index (κ2) is 16.5. The molecule has 1 aromatic carbocycles. The molecule has 7 heteroatoms. The van der Waals surface area contributed by atoms with Gasteiger partial charge in [0.25, 0.3) is 0 Å². The summed E-state index contributed by atoms with van der Waals surface area (Å²) in [6, 6.07) is 8.57. The van der Waals surface area contributed by atoms with E-state index >= 15 is 0 Å². The monoisotopic (exact) mass is 524 g/mol. The summed E-state index contributed by atoms with van der Waals surface area (Å²) < 4.78 is 11.2. The van der Waals surface area contributed by atoms with E-state index in [-0.39, 0.29) is 5.91 Å². The minimum absolute atomic E-state index is 0.0586. The first-order valence-electron chi connectivity index (χ1n) is 11.6. The first-order valence-corrected chi connectivity index (χ1v) is 19.1. The van der Waals surface area contributed by atoms with Crippen molar-refractivity contribution >= 4 is 27.9 Å². The van der Waals surface area contributed by atoms with Crippen LogP contribution in [-0.2, 0) is 4.74 Å². The Balaban J connectivity index is 2.75. The molecule has 168 valence electrons. The topological polar surface area (TPSA) is 87.1 Å². The Labute approximate surface area is 186 Å². The molecular weight excluding hydrogens is 483 g/mol. The van der Waals surface area contributed by atoms with E-state index in [0.717, 1.165) is 5.56 Å². The predicted molar refractivity (Wildman–Crippen MR) is 128 cm³/mol. The Hall–Kier alpha value is -1.24. The molecule has 0 spiro atoms. The molecule has 6 nitrogen and oxygen atoms in total. The first-order chi connectivity index (χ1) is 14.6. The molecule has 1 amide bonds. The molecule has 0 aliphatic rings. The minimum atomic E-state index is -2.43. The van der Waals surface area contributed by atoms with Crippen LogP contribution >= 0.6 is 0 Å². The fourth-order valence-electron chi connectivity index (χ4n) is 3.92. The van der Waals surface area contributed by atoms with Gasteiger partial charge in [0, 0.05) is 4.91 Å². The zero-order valence-electron chi connectivity index (χ0n) is 19.2. The summed E-state index contributed by atoms with van der Waals surface area (Å²) in [5, 5.41) is 6.31. The van der Waals surface area contributed by atoms with Crippen molar-refractivity contribution in [2.24, 2.45) is 5.11 Å². The molecular formula is C23H40N4O2Sn. The third kappa shape index (κ3) is 9.71. The Morgan fingerprint density at radius 1 is 1.00 bits per heavy atom. The van der Waals surface area contributed by atoms with Gasteiger partial charge in [-0.15, -0.1) is 0 Å². The molecule has 0 fully saturated rings. The number of unbranched alkanes of at least 4 members (excludes halogenated alkanes) is 3. The molecule has 0 aliphatic heterocycles. The fraction of sp³-hybridized carbons (Fsp3) is 0.696. The number of carbonyl (C=O) groups excluding carboxylic acids is 1. The average Bonchev–Trinajstić information content (AvgIpc) is 2.78. The number of benzene rings is 1. The van der Waals surface area contributed by atoms with Crippen LogP contribution in [0, 0.1) is 0 Å². The van der Waals surface area contributed by atoms with Gasteiger partial charge in [0.1, 0.15) is 0 Å². The standard InChI is InChI=1S/C11H13N4O2.3C4H9.Sn/c12-15-14-7-9-17-8-6-13-11(16)10-4-2-1-3-5-10;3*1-3-4-2;/h2-5H,6-9H2,(H,13,16);3*1,3-4H2,2H3;. The van der Waals surface area contributed by atoms with Crippen molar-refractivity contribution in [2.75, 3.05) is 26.3 Å². The Morgan fingerprint density at radius 3 is 2.07 bits per heavy atom. The van der Waals surface area contributed by atoms with Gasteiger partial charge >= 0.3 is 177 Å². The number of hydrogen-bond acceptors (Lipinski definition) is 3. The number of carbonyl (C=O) groups is 1. The molecule has 1 aromatic rings. The molecule has 0 aliphatic carbocycles. The van der Waals surface area contributed by atoms with E-state index in [0.29, 0.717) is 26.3 Å². The van der Waals surface area contributed by atoms with Gasteiger partial charge in [0.05, 0.1) is 0 Å². The summed E-state index contributed by atoms with van der Waals surface area (Å²) in [5.41, 5.74) is 8.93. The summed E-state index contributed by atoms with van der Waals surface area (Å²) >= 11 is -2.43. The van der Waals surface area contributed by atoms with Crippen molar-refractivity contribution in [1.29, 1.82) is 0 Å². The molecule has 0 unspecified atom stereocenters. The number of ether oxygens (including phenoxy) is 1. The van der Waals surface area contributed by atoms with E-state index in [4.69, 9.17) is 10.3 Å². The molecule has 0 aromatic heterocycles. The van der Waals surface area contributed by atoms with Gasteiger partial charge < -0.3 is 0 Å². The third-order valence-electron chi connectivity index (χ3n) is 5.72. The third-order valence-corrected chi connectivity index (χ3v) is 21.4. The normalized spacial score (nSPS) is 11.2. The Kier molecular flexibility index (Phi) is 14.7. The van der Waals surface area contributed by atoms with Gasteiger partial charge in [0.2, 0.25) is 0 Å². The second-order valence-corrected chi connectivity index (χ2v) is 21.2. The summed E-state index contributed by atoms with van der Waals surface area (Å²) in [4.78, 5) is 15.1. The Bertz CT molecular complexity index is 623. The maximum atomic E-state index is 12.4. The molecule has 0 bridgehead atoms. The molecule has 0 atom stereocenters. The van der Waals surface area contributed by atoms with Gasteiger partial charge in [-0.05, 0) is 5.53 Å². The van der Waals surface area contributed by atoms with Crippen LogP contribution in [0.2, 0.25) is 13.3 Å². The quantitative estimate of drug-likeness (QED) is 0.0920. The number of rotatable bonds is 17. The maximum absolute atomic E-state index is 12.4. The van der Waals surface area contributed by atoms with E-state index in [9.17, 15) is 4.79 Å². The number of amides is 1. The first kappa shape index (κ1) is 26.8. The van der Waals surface area contributed by atoms with Crippen LogP contribution in [0.4, 0.5) is 0 Å². The molecule has 0 saturated heterocycles. The van der Waals surface area contributed by atoms with Gasteiger partial charge in [-0.25, -0.2) is 0 Å². The number of hydrogen-bond donors (Lipinski definition) is 1. The van der Waals surface area contributed by atoms with Crippen molar-refractivity contribution in [3.8, 4) is 0 Å². The zero-order valence-corrected chi connectivity index (χ0v) is 22.0. The summed E-state index contributed by atoms with van der Waals surface area (Å²) in [5.74, 6) is -0.0586. The van der Waals surface area contributed by atoms with Crippen LogP contribution < -0.4 is 8.90 Å². The molecule has 0 heterocycles. The number of nitrogens with zero attached hydrogens (tertiary/aromatic N) is 3. The molecule has 1 N–H and O–H groups in total. The summed E-state index contributed by atoms with van der Waals surface area (Å²) in [7, 11) is 0.